The molecule has 2 heterocycles. The molecule has 0 spiro atoms. The van der Waals surface area contributed by atoms with Crippen LogP contribution in [-0.2, 0) is 10.2 Å². The summed E-state index contributed by atoms with van der Waals surface area (Å²) in [5, 5.41) is 0. The van der Waals surface area contributed by atoms with E-state index in [1.165, 1.54) is 0 Å². The fourth-order valence-electron chi connectivity index (χ4n) is 3.41. The summed E-state index contributed by atoms with van der Waals surface area (Å²) < 4.78 is 34.2. The molecule has 7 heteroatoms. The molecule has 1 aromatic rings. The van der Waals surface area contributed by atoms with Gasteiger partial charge in [0.05, 0.1) is 7.11 Å². The van der Waals surface area contributed by atoms with E-state index < -0.39 is 10.2 Å². The smallest absolute Gasteiger partial charge is 0.282 e. The summed E-state index contributed by atoms with van der Waals surface area (Å²) in [6.45, 7) is 3.87. The highest BCUT2D eigenvalue weighted by molar-refractivity contribution is 7.86. The van der Waals surface area contributed by atoms with E-state index >= 15 is 0 Å². The minimum absolute atomic E-state index is 0.546. The van der Waals surface area contributed by atoms with Crippen LogP contribution < -0.4 is 9.64 Å². The summed E-state index contributed by atoms with van der Waals surface area (Å²) >= 11 is 0. The molecule has 2 saturated heterocycles. The highest BCUT2D eigenvalue weighted by Crippen LogP contribution is 2.23. The van der Waals surface area contributed by atoms with E-state index in [0.717, 1.165) is 50.2 Å². The van der Waals surface area contributed by atoms with Crippen LogP contribution in [0.15, 0.2) is 24.3 Å². The van der Waals surface area contributed by atoms with Gasteiger partial charge in [0.2, 0.25) is 0 Å². The first-order valence-corrected chi connectivity index (χ1v) is 10.2. The number of hydrogen-bond acceptors (Lipinski definition) is 4. The van der Waals surface area contributed by atoms with Crippen LogP contribution in [0, 0.1) is 0 Å². The van der Waals surface area contributed by atoms with Gasteiger partial charge in [0.25, 0.3) is 10.2 Å². The maximum Gasteiger partial charge on any atom is 0.282 e. The van der Waals surface area contributed by atoms with E-state index in [1.54, 1.807) is 15.7 Å². The van der Waals surface area contributed by atoms with Crippen molar-refractivity contribution in [2.24, 2.45) is 0 Å². The molecule has 24 heavy (non-hydrogen) atoms. The fourth-order valence-corrected chi connectivity index (χ4v) is 5.08. The van der Waals surface area contributed by atoms with Crippen molar-refractivity contribution < 1.29 is 13.2 Å². The van der Waals surface area contributed by atoms with Gasteiger partial charge in [0, 0.05) is 45.0 Å². The molecule has 0 N–H and O–H groups in total. The van der Waals surface area contributed by atoms with Crippen LogP contribution in [0.25, 0.3) is 0 Å². The number of methoxy groups -OCH3 is 1. The SMILES string of the molecule is COc1ccc(N2CCN(S(=O)(=O)N3CCCCCC3)CC2)cc1. The lowest BCUT2D eigenvalue weighted by molar-refractivity contribution is 0.327. The van der Waals surface area contributed by atoms with Gasteiger partial charge in [-0.15, -0.1) is 0 Å². The maximum atomic E-state index is 12.8. The second kappa shape index (κ2) is 7.72. The summed E-state index contributed by atoms with van der Waals surface area (Å²) in [7, 11) is -1.65. The van der Waals surface area contributed by atoms with Gasteiger partial charge in [-0.3, -0.25) is 0 Å². The topological polar surface area (TPSA) is 53.1 Å². The largest absolute Gasteiger partial charge is 0.497 e. The van der Waals surface area contributed by atoms with Crippen molar-refractivity contribution in [3.63, 3.8) is 0 Å². The van der Waals surface area contributed by atoms with E-state index in [-0.39, 0.29) is 0 Å². The Hall–Kier alpha value is -1.31. The van der Waals surface area contributed by atoms with Gasteiger partial charge in [0.15, 0.2) is 0 Å². The summed E-state index contributed by atoms with van der Waals surface area (Å²) in [5.74, 6) is 0.834. The van der Waals surface area contributed by atoms with Gasteiger partial charge in [0.1, 0.15) is 5.75 Å². The third-order valence-electron chi connectivity index (χ3n) is 4.89. The zero-order valence-electron chi connectivity index (χ0n) is 14.4. The van der Waals surface area contributed by atoms with Crippen LogP contribution >= 0.6 is 0 Å². The predicted octanol–water partition coefficient (Wildman–Crippen LogP) is 1.94. The average Bonchev–Trinajstić information content (AvgIpc) is 2.92. The number of hydrogen-bond donors (Lipinski definition) is 0. The van der Waals surface area contributed by atoms with Crippen LogP contribution in [0.2, 0.25) is 0 Å². The van der Waals surface area contributed by atoms with Gasteiger partial charge in [-0.25, -0.2) is 0 Å². The lowest BCUT2D eigenvalue weighted by Crippen LogP contribution is -2.53. The van der Waals surface area contributed by atoms with Crippen LogP contribution in [0.5, 0.6) is 5.75 Å². The zero-order chi connectivity index (χ0) is 17.0. The van der Waals surface area contributed by atoms with E-state index in [4.69, 9.17) is 4.74 Å². The number of ether oxygens (including phenoxy) is 1. The van der Waals surface area contributed by atoms with Crippen LogP contribution in [0.1, 0.15) is 25.7 Å². The van der Waals surface area contributed by atoms with Crippen LogP contribution in [0.4, 0.5) is 5.69 Å². The molecule has 2 fully saturated rings. The third kappa shape index (κ3) is 3.84. The first-order chi connectivity index (χ1) is 11.6. The summed E-state index contributed by atoms with van der Waals surface area (Å²) in [6.07, 6.45) is 4.23. The van der Waals surface area contributed by atoms with Gasteiger partial charge in [-0.2, -0.15) is 17.0 Å². The molecule has 0 bridgehead atoms. The molecule has 2 aliphatic heterocycles. The molecule has 0 aliphatic carbocycles. The normalized spacial score (nSPS) is 21.5. The third-order valence-corrected chi connectivity index (χ3v) is 6.93. The molecular formula is C17H27N3O3S. The van der Waals surface area contributed by atoms with E-state index in [9.17, 15) is 8.42 Å². The summed E-state index contributed by atoms with van der Waals surface area (Å²) in [4.78, 5) is 2.23. The maximum absolute atomic E-state index is 12.8. The number of nitrogens with zero attached hydrogens (tertiary/aromatic N) is 3. The first-order valence-electron chi connectivity index (χ1n) is 8.75. The van der Waals surface area contributed by atoms with E-state index in [2.05, 4.69) is 4.90 Å². The molecule has 0 aromatic heterocycles. The highest BCUT2D eigenvalue weighted by atomic mass is 32.2. The molecule has 0 amide bonds. The second-order valence-electron chi connectivity index (χ2n) is 6.41. The van der Waals surface area contributed by atoms with Crippen molar-refractivity contribution in [1.29, 1.82) is 0 Å². The summed E-state index contributed by atoms with van der Waals surface area (Å²) in [5.41, 5.74) is 1.11. The van der Waals surface area contributed by atoms with Crippen molar-refractivity contribution in [2.75, 3.05) is 51.3 Å². The van der Waals surface area contributed by atoms with Gasteiger partial charge < -0.3 is 9.64 Å². The molecular weight excluding hydrogens is 326 g/mol. The molecule has 134 valence electrons. The Morgan fingerprint density at radius 2 is 1.33 bits per heavy atom. The minimum Gasteiger partial charge on any atom is -0.497 e. The zero-order valence-corrected chi connectivity index (χ0v) is 15.2. The number of anilines is 1. The molecule has 0 unspecified atom stereocenters. The lowest BCUT2D eigenvalue weighted by Gasteiger charge is -2.37. The Labute approximate surface area is 145 Å². The van der Waals surface area contributed by atoms with Crippen molar-refractivity contribution in [2.45, 2.75) is 25.7 Å². The van der Waals surface area contributed by atoms with Crippen molar-refractivity contribution in [1.82, 2.24) is 8.61 Å². The predicted molar refractivity (Wildman–Crippen MR) is 95.7 cm³/mol. The average molecular weight is 353 g/mol. The Balaban J connectivity index is 1.61. The monoisotopic (exact) mass is 353 g/mol. The van der Waals surface area contributed by atoms with Crippen molar-refractivity contribution in [3.8, 4) is 5.75 Å². The van der Waals surface area contributed by atoms with Gasteiger partial charge in [-0.05, 0) is 37.1 Å². The Kier molecular flexibility index (Phi) is 5.63. The fraction of sp³-hybridized carbons (Fsp3) is 0.647. The highest BCUT2D eigenvalue weighted by Gasteiger charge is 2.32. The van der Waals surface area contributed by atoms with Gasteiger partial charge >= 0.3 is 0 Å². The molecule has 2 aliphatic rings. The molecule has 0 atom stereocenters. The first kappa shape index (κ1) is 17.5. The standard InChI is InChI=1S/C17H27N3O3S/c1-23-17-8-6-16(7-9-17)18-12-14-20(15-13-18)24(21,22)19-10-4-2-3-5-11-19/h6-9H,2-5,10-15H2,1H3. The lowest BCUT2D eigenvalue weighted by atomic mass is 10.2. The van der Waals surface area contributed by atoms with E-state index in [0.29, 0.717) is 26.2 Å². The van der Waals surface area contributed by atoms with Crippen molar-refractivity contribution >= 4 is 15.9 Å². The Morgan fingerprint density at radius 3 is 1.88 bits per heavy atom. The second-order valence-corrected chi connectivity index (χ2v) is 8.33. The van der Waals surface area contributed by atoms with Gasteiger partial charge in [-0.1, -0.05) is 12.8 Å². The van der Waals surface area contributed by atoms with Crippen LogP contribution in [-0.4, -0.2) is 63.4 Å². The van der Waals surface area contributed by atoms with Crippen molar-refractivity contribution in [3.05, 3.63) is 24.3 Å². The van der Waals surface area contributed by atoms with E-state index in [1.807, 2.05) is 24.3 Å². The quantitative estimate of drug-likeness (QED) is 0.830. The molecule has 0 radical (unpaired) electrons. The summed E-state index contributed by atoms with van der Waals surface area (Å²) in [6, 6.07) is 7.93. The molecule has 1 aromatic carbocycles. The Bertz CT molecular complexity index is 617. The molecule has 0 saturated carbocycles. The minimum atomic E-state index is -3.30. The molecule has 6 nitrogen and oxygen atoms in total. The number of piperazine rings is 1. The molecule has 3 rings (SSSR count). The Morgan fingerprint density at radius 1 is 0.792 bits per heavy atom. The number of benzene rings is 1. The number of rotatable bonds is 4. The van der Waals surface area contributed by atoms with Crippen LogP contribution in [0.3, 0.4) is 0 Å².